The molecule has 0 aromatic heterocycles. The monoisotopic (exact) mass is 291 g/mol. The topological polar surface area (TPSA) is 63.9 Å². The highest BCUT2D eigenvalue weighted by atomic mass is 32.5. The lowest BCUT2D eigenvalue weighted by molar-refractivity contribution is 0.363. The largest absolute Gasteiger partial charge is 0.358 e. The molecule has 8 heteroatoms. The molecule has 0 unspecified atom stereocenters. The summed E-state index contributed by atoms with van der Waals surface area (Å²) in [6, 6.07) is 0. The van der Waals surface area contributed by atoms with Crippen molar-refractivity contribution < 1.29 is 14.7 Å². The summed E-state index contributed by atoms with van der Waals surface area (Å²) in [5, 5.41) is 0. The molecule has 0 aromatic carbocycles. The normalized spacial score (nSPS) is 10.3. The van der Waals surface area contributed by atoms with E-state index in [4.69, 9.17) is 26.9 Å². The number of thioether (sulfide) groups is 1. The van der Waals surface area contributed by atoms with Gasteiger partial charge < -0.3 is 19.6 Å². The van der Waals surface area contributed by atoms with Crippen LogP contribution in [-0.4, -0.2) is 42.7 Å². The average Bonchev–Trinajstić information content (AvgIpc) is 2.03. The fourth-order valence-electron chi connectivity index (χ4n) is 0.697. The Labute approximate surface area is 106 Å². The van der Waals surface area contributed by atoms with Crippen molar-refractivity contribution in [3.63, 3.8) is 0 Å². The quantitative estimate of drug-likeness (QED) is 0.538. The van der Waals surface area contributed by atoms with E-state index in [0.29, 0.717) is 0 Å². The van der Waals surface area contributed by atoms with E-state index in [1.165, 1.54) is 0 Å². The Morgan fingerprint density at radius 3 is 1.73 bits per heavy atom. The summed E-state index contributed by atoms with van der Waals surface area (Å²) in [5.41, 5.74) is 0. The molecule has 0 spiro atoms. The maximum atomic E-state index is 7.56. The Morgan fingerprint density at radius 1 is 1.20 bits per heavy atom. The molecule has 0 aromatic rings. The molecule has 92 valence electrons. The van der Waals surface area contributed by atoms with Crippen LogP contribution in [0.3, 0.4) is 0 Å². The first-order chi connectivity index (χ1) is 6.76. The Hall–Kier alpha value is 0.770. The fourth-order valence-corrected chi connectivity index (χ4v) is 2.00. The highest BCUT2D eigenvalue weighted by Crippen LogP contribution is 2.26. The van der Waals surface area contributed by atoms with E-state index in [1.807, 2.05) is 0 Å². The van der Waals surface area contributed by atoms with Crippen molar-refractivity contribution in [2.24, 2.45) is 0 Å². The van der Waals surface area contributed by atoms with Crippen molar-refractivity contribution in [1.82, 2.24) is 4.90 Å². The van der Waals surface area contributed by atoms with Gasteiger partial charge in [-0.3, -0.25) is 0 Å². The van der Waals surface area contributed by atoms with Crippen molar-refractivity contribution in [2.45, 2.75) is 20.8 Å². The van der Waals surface area contributed by atoms with Crippen LogP contribution in [0, 0.1) is 0 Å². The van der Waals surface area contributed by atoms with Crippen LogP contribution in [0.2, 0.25) is 0 Å². The van der Waals surface area contributed by atoms with Gasteiger partial charge in [0.05, 0.1) is 0 Å². The molecule has 0 bridgehead atoms. The SMILES string of the molecule is CCSC(=S)N(CC)CC.OP(O)(O)=S. The maximum Gasteiger partial charge on any atom is 0.319 e. The predicted octanol–water partition coefficient (Wildman–Crippen LogP) is 1.55. The minimum absolute atomic E-state index is 1.03. The first-order valence-corrected chi connectivity index (χ1v) is 8.51. The van der Waals surface area contributed by atoms with Crippen molar-refractivity contribution >= 4 is 46.8 Å². The van der Waals surface area contributed by atoms with Crippen molar-refractivity contribution in [3.8, 4) is 0 Å². The molecule has 3 N–H and O–H groups in total. The predicted molar refractivity (Wildman–Crippen MR) is 74.6 cm³/mol. The number of thiocarbonyl (C=S) groups is 1. The number of hydrogen-bond donors (Lipinski definition) is 3. The highest BCUT2D eigenvalue weighted by molar-refractivity contribution is 8.22. The smallest absolute Gasteiger partial charge is 0.319 e. The van der Waals surface area contributed by atoms with E-state index in [1.54, 1.807) is 11.8 Å². The van der Waals surface area contributed by atoms with E-state index in [2.05, 4.69) is 37.5 Å². The molecule has 0 aliphatic carbocycles. The molecule has 0 aliphatic heterocycles. The van der Waals surface area contributed by atoms with Crippen molar-refractivity contribution in [1.29, 1.82) is 0 Å². The first kappa shape index (κ1) is 18.1. The summed E-state index contributed by atoms with van der Waals surface area (Å²) in [6.07, 6.45) is 0. The summed E-state index contributed by atoms with van der Waals surface area (Å²) in [6.45, 7) is 4.64. The van der Waals surface area contributed by atoms with Gasteiger partial charge in [0.1, 0.15) is 4.32 Å². The van der Waals surface area contributed by atoms with Crippen LogP contribution in [-0.2, 0) is 11.8 Å². The van der Waals surface area contributed by atoms with E-state index in [-0.39, 0.29) is 0 Å². The average molecular weight is 291 g/mol. The van der Waals surface area contributed by atoms with Gasteiger partial charge in [-0.05, 0) is 31.4 Å². The third kappa shape index (κ3) is 17.4. The Morgan fingerprint density at radius 2 is 1.53 bits per heavy atom. The fraction of sp³-hybridized carbons (Fsp3) is 0.857. The lowest BCUT2D eigenvalue weighted by atomic mass is 10.6. The third-order valence-corrected chi connectivity index (χ3v) is 2.70. The summed E-state index contributed by atoms with van der Waals surface area (Å²) >= 11 is 10.5. The van der Waals surface area contributed by atoms with E-state index in [0.717, 1.165) is 23.2 Å². The highest BCUT2D eigenvalue weighted by Gasteiger charge is 2.02. The molecule has 0 aliphatic rings. The molecular formula is C7H18NO3PS3. The van der Waals surface area contributed by atoms with Gasteiger partial charge in [-0.15, -0.1) is 0 Å². The second-order valence-electron chi connectivity index (χ2n) is 2.38. The molecule has 0 amide bonds. The lowest BCUT2D eigenvalue weighted by Crippen LogP contribution is -2.26. The van der Waals surface area contributed by atoms with Crippen LogP contribution in [0.5, 0.6) is 0 Å². The maximum absolute atomic E-state index is 7.56. The van der Waals surface area contributed by atoms with Crippen LogP contribution < -0.4 is 0 Å². The van der Waals surface area contributed by atoms with Crippen LogP contribution in [0.15, 0.2) is 0 Å². The molecule has 4 nitrogen and oxygen atoms in total. The number of nitrogens with zero attached hydrogens (tertiary/aromatic N) is 1. The minimum Gasteiger partial charge on any atom is -0.358 e. The van der Waals surface area contributed by atoms with Crippen LogP contribution in [0.4, 0.5) is 0 Å². The summed E-state index contributed by atoms with van der Waals surface area (Å²) < 4.78 is 1.03. The third-order valence-electron chi connectivity index (χ3n) is 1.29. The van der Waals surface area contributed by atoms with Gasteiger partial charge in [0, 0.05) is 13.1 Å². The second-order valence-corrected chi connectivity index (χ2v) is 6.78. The van der Waals surface area contributed by atoms with E-state index < -0.39 is 6.72 Å². The second kappa shape index (κ2) is 9.96. The van der Waals surface area contributed by atoms with E-state index in [9.17, 15) is 0 Å². The van der Waals surface area contributed by atoms with Gasteiger partial charge in [-0.25, -0.2) is 0 Å². The van der Waals surface area contributed by atoms with Gasteiger partial charge in [0.2, 0.25) is 0 Å². The zero-order valence-corrected chi connectivity index (χ0v) is 12.4. The number of rotatable bonds is 3. The van der Waals surface area contributed by atoms with E-state index >= 15 is 0 Å². The van der Waals surface area contributed by atoms with Gasteiger partial charge in [0.15, 0.2) is 0 Å². The Bertz CT molecular complexity index is 209. The zero-order chi connectivity index (χ0) is 12.5. The van der Waals surface area contributed by atoms with Crippen LogP contribution >= 0.6 is 30.7 Å². The minimum atomic E-state index is -3.81. The molecule has 0 rings (SSSR count). The van der Waals surface area contributed by atoms with Gasteiger partial charge >= 0.3 is 6.72 Å². The summed E-state index contributed by atoms with van der Waals surface area (Å²) in [4.78, 5) is 24.9. The molecule has 0 radical (unpaired) electrons. The Kier molecular flexibility index (Phi) is 12.0. The molecule has 0 atom stereocenters. The molecule has 0 saturated heterocycles. The summed E-state index contributed by atoms with van der Waals surface area (Å²) in [5.74, 6) is 1.08. The molecule has 0 saturated carbocycles. The van der Waals surface area contributed by atoms with Gasteiger partial charge in [-0.2, -0.15) is 0 Å². The molecule has 0 heterocycles. The Balaban J connectivity index is 0. The van der Waals surface area contributed by atoms with Crippen molar-refractivity contribution in [3.05, 3.63) is 0 Å². The van der Waals surface area contributed by atoms with Gasteiger partial charge in [-0.1, -0.05) is 30.9 Å². The first-order valence-electron chi connectivity index (χ1n) is 4.46. The molecular weight excluding hydrogens is 273 g/mol. The van der Waals surface area contributed by atoms with Crippen molar-refractivity contribution in [2.75, 3.05) is 18.8 Å². The lowest BCUT2D eigenvalue weighted by Gasteiger charge is -2.20. The van der Waals surface area contributed by atoms with Crippen LogP contribution in [0.1, 0.15) is 20.8 Å². The van der Waals surface area contributed by atoms with Gasteiger partial charge in [0.25, 0.3) is 0 Å². The number of hydrogen-bond acceptors (Lipinski definition) is 3. The standard InChI is InChI=1S/C7H15NS2.H3O3PS/c1-4-8(5-2)7(9)10-6-3;1-4(2,3)5/h4-6H2,1-3H3;(H3,1,2,3,5). The molecule has 0 fully saturated rings. The summed E-state index contributed by atoms with van der Waals surface area (Å²) in [7, 11) is 0. The zero-order valence-electron chi connectivity index (χ0n) is 9.08. The van der Waals surface area contributed by atoms with Crippen LogP contribution in [0.25, 0.3) is 0 Å². The molecule has 15 heavy (non-hydrogen) atoms.